The van der Waals surface area contributed by atoms with E-state index in [0.717, 1.165) is 10.0 Å². The molecule has 1 unspecified atom stereocenters. The van der Waals surface area contributed by atoms with Gasteiger partial charge < -0.3 is 9.84 Å². The summed E-state index contributed by atoms with van der Waals surface area (Å²) in [6.45, 7) is 2.59. The van der Waals surface area contributed by atoms with Gasteiger partial charge in [-0.05, 0) is 29.8 Å². The molecular weight excluding hydrogens is 456 g/mol. The second-order valence-corrected chi connectivity index (χ2v) is 9.61. The van der Waals surface area contributed by atoms with Gasteiger partial charge in [0.15, 0.2) is 0 Å². The van der Waals surface area contributed by atoms with Crippen molar-refractivity contribution in [2.24, 2.45) is 0 Å². The van der Waals surface area contributed by atoms with E-state index >= 15 is 0 Å². The largest absolute Gasteiger partial charge is 0.491 e. The Morgan fingerprint density at radius 3 is 2.48 bits per heavy atom. The van der Waals surface area contributed by atoms with Crippen LogP contribution in [0.15, 0.2) is 64.5 Å². The smallest absolute Gasteiger partial charge is 0.236 e. The Balaban J connectivity index is 1.44. The molecule has 1 saturated heterocycles. The van der Waals surface area contributed by atoms with Gasteiger partial charge >= 0.3 is 0 Å². The van der Waals surface area contributed by atoms with Crippen LogP contribution in [0, 0.1) is 0 Å². The van der Waals surface area contributed by atoms with Gasteiger partial charge in [-0.3, -0.25) is 4.90 Å². The highest BCUT2D eigenvalue weighted by Crippen LogP contribution is 2.18. The van der Waals surface area contributed by atoms with E-state index in [1.807, 2.05) is 54.6 Å². The zero-order valence-electron chi connectivity index (χ0n) is 16.0. The molecule has 0 aromatic heterocycles. The number of halogens is 1. The van der Waals surface area contributed by atoms with Gasteiger partial charge in [0.25, 0.3) is 0 Å². The first-order valence-corrected chi connectivity index (χ1v) is 11.7. The van der Waals surface area contributed by atoms with Crippen molar-refractivity contribution in [3.05, 3.63) is 70.0 Å². The number of aliphatic hydroxyl groups is 1. The molecule has 1 aliphatic heterocycles. The summed E-state index contributed by atoms with van der Waals surface area (Å²) in [6, 6.07) is 16.8. The molecule has 1 N–H and O–H groups in total. The second kappa shape index (κ2) is 10.4. The van der Waals surface area contributed by atoms with Gasteiger partial charge in [-0.25, -0.2) is 8.42 Å². The summed E-state index contributed by atoms with van der Waals surface area (Å²) in [5.41, 5.74) is 0.850. The second-order valence-electron chi connectivity index (χ2n) is 6.88. The molecule has 3 rings (SSSR count). The minimum absolute atomic E-state index is 0.189. The van der Waals surface area contributed by atoms with Crippen LogP contribution >= 0.6 is 15.9 Å². The van der Waals surface area contributed by atoms with Crippen molar-refractivity contribution in [3.63, 3.8) is 0 Å². The van der Waals surface area contributed by atoms with Crippen molar-refractivity contribution < 1.29 is 18.3 Å². The van der Waals surface area contributed by atoms with E-state index < -0.39 is 16.1 Å². The summed E-state index contributed by atoms with van der Waals surface area (Å²) in [5.74, 6) is 0.694. The zero-order chi connectivity index (χ0) is 20.7. The SMILES string of the molecule is O=S(=O)(/C=C/c1ccccc1)N1CCN(CC(O)COc2cccc(Br)c2)CC1. The number of rotatable bonds is 8. The number of hydrogen-bond acceptors (Lipinski definition) is 5. The number of β-amino-alcohol motifs (C(OH)–C–C–N with tert-alkyl or cyclic N) is 1. The molecular formula is C21H25BrN2O4S. The van der Waals surface area contributed by atoms with Gasteiger partial charge in [0.2, 0.25) is 10.0 Å². The standard InChI is InChI=1S/C21H25BrN2O4S/c22-19-7-4-8-21(15-19)28-17-20(25)16-23-10-12-24(13-11-23)29(26,27)14-9-18-5-2-1-3-6-18/h1-9,14-15,20,25H,10-13,16-17H2/b14-9+. The highest BCUT2D eigenvalue weighted by atomic mass is 79.9. The highest BCUT2D eigenvalue weighted by Gasteiger charge is 2.26. The molecule has 1 fully saturated rings. The molecule has 0 spiro atoms. The Kier molecular flexibility index (Phi) is 7.85. The Bertz CT molecular complexity index is 913. The monoisotopic (exact) mass is 480 g/mol. The molecule has 0 aliphatic carbocycles. The van der Waals surface area contributed by atoms with Crippen LogP contribution in [0.4, 0.5) is 0 Å². The average molecular weight is 481 g/mol. The third kappa shape index (κ3) is 6.94. The van der Waals surface area contributed by atoms with Crippen molar-refractivity contribution in [2.75, 3.05) is 39.3 Å². The maximum Gasteiger partial charge on any atom is 0.236 e. The van der Waals surface area contributed by atoms with Crippen molar-refractivity contribution in [2.45, 2.75) is 6.10 Å². The number of benzene rings is 2. The lowest BCUT2D eigenvalue weighted by molar-refractivity contribution is 0.0570. The lowest BCUT2D eigenvalue weighted by Gasteiger charge is -2.34. The Hall–Kier alpha value is -1.71. The quantitative estimate of drug-likeness (QED) is 0.628. The van der Waals surface area contributed by atoms with Crippen molar-refractivity contribution >= 4 is 32.0 Å². The summed E-state index contributed by atoms with van der Waals surface area (Å²) in [7, 11) is -3.45. The Morgan fingerprint density at radius 2 is 1.79 bits per heavy atom. The van der Waals surface area contributed by atoms with Crippen LogP contribution in [0.5, 0.6) is 5.75 Å². The normalized spacial score (nSPS) is 17.4. The van der Waals surface area contributed by atoms with Crippen LogP contribution in [0.2, 0.25) is 0 Å². The predicted octanol–water partition coefficient (Wildman–Crippen LogP) is 2.81. The summed E-state index contributed by atoms with van der Waals surface area (Å²) < 4.78 is 33.1. The van der Waals surface area contributed by atoms with E-state index in [1.54, 1.807) is 6.08 Å². The van der Waals surface area contributed by atoms with Crippen LogP contribution in [0.3, 0.4) is 0 Å². The van der Waals surface area contributed by atoms with E-state index in [0.29, 0.717) is 38.5 Å². The number of ether oxygens (including phenoxy) is 1. The number of piperazine rings is 1. The van der Waals surface area contributed by atoms with Crippen molar-refractivity contribution in [1.82, 2.24) is 9.21 Å². The first-order chi connectivity index (χ1) is 13.9. The van der Waals surface area contributed by atoms with Gasteiger partial charge in [0.05, 0.1) is 0 Å². The average Bonchev–Trinajstić information content (AvgIpc) is 2.72. The van der Waals surface area contributed by atoms with E-state index in [4.69, 9.17) is 4.74 Å². The molecule has 1 atom stereocenters. The molecule has 6 nitrogen and oxygen atoms in total. The van der Waals surface area contributed by atoms with Crippen LogP contribution in [-0.2, 0) is 10.0 Å². The van der Waals surface area contributed by atoms with Gasteiger partial charge in [-0.1, -0.05) is 52.3 Å². The van der Waals surface area contributed by atoms with Crippen molar-refractivity contribution in [3.8, 4) is 5.75 Å². The summed E-state index contributed by atoms with van der Waals surface area (Å²) in [6.07, 6.45) is 0.972. The number of hydrogen-bond donors (Lipinski definition) is 1. The molecule has 0 radical (unpaired) electrons. The van der Waals surface area contributed by atoms with Crippen LogP contribution in [-0.4, -0.2) is 68.2 Å². The topological polar surface area (TPSA) is 70.1 Å². The van der Waals surface area contributed by atoms with Crippen LogP contribution < -0.4 is 4.74 Å². The molecule has 2 aromatic carbocycles. The Labute approximate surface area is 180 Å². The maximum atomic E-state index is 12.5. The van der Waals surface area contributed by atoms with Gasteiger partial charge in [0.1, 0.15) is 18.5 Å². The van der Waals surface area contributed by atoms with E-state index in [2.05, 4.69) is 20.8 Å². The molecule has 0 saturated carbocycles. The molecule has 29 heavy (non-hydrogen) atoms. The third-order valence-electron chi connectivity index (χ3n) is 4.63. The highest BCUT2D eigenvalue weighted by molar-refractivity contribution is 9.10. The Morgan fingerprint density at radius 1 is 1.07 bits per heavy atom. The molecule has 1 heterocycles. The minimum atomic E-state index is -3.45. The van der Waals surface area contributed by atoms with Gasteiger partial charge in [-0.15, -0.1) is 0 Å². The molecule has 1 aliphatic rings. The fraction of sp³-hybridized carbons (Fsp3) is 0.333. The van der Waals surface area contributed by atoms with E-state index in [9.17, 15) is 13.5 Å². The summed E-state index contributed by atoms with van der Waals surface area (Å²) >= 11 is 3.39. The lowest BCUT2D eigenvalue weighted by Crippen LogP contribution is -2.50. The predicted molar refractivity (Wildman–Crippen MR) is 118 cm³/mol. The molecule has 156 valence electrons. The van der Waals surface area contributed by atoms with Crippen molar-refractivity contribution in [1.29, 1.82) is 0 Å². The zero-order valence-corrected chi connectivity index (χ0v) is 18.4. The molecule has 0 amide bonds. The first kappa shape index (κ1) is 22.0. The number of sulfonamides is 1. The molecule has 2 aromatic rings. The van der Waals surface area contributed by atoms with Crippen LogP contribution in [0.1, 0.15) is 5.56 Å². The number of aliphatic hydroxyl groups excluding tert-OH is 1. The molecule has 8 heteroatoms. The number of nitrogens with zero attached hydrogens (tertiary/aromatic N) is 2. The van der Waals surface area contributed by atoms with Gasteiger partial charge in [0, 0.05) is 42.6 Å². The minimum Gasteiger partial charge on any atom is -0.491 e. The molecule has 0 bridgehead atoms. The summed E-state index contributed by atoms with van der Waals surface area (Å²) in [5, 5.41) is 11.5. The third-order valence-corrected chi connectivity index (χ3v) is 6.69. The first-order valence-electron chi connectivity index (χ1n) is 9.44. The maximum absolute atomic E-state index is 12.5. The van der Waals surface area contributed by atoms with E-state index in [-0.39, 0.29) is 6.61 Å². The van der Waals surface area contributed by atoms with Gasteiger partial charge in [-0.2, -0.15) is 4.31 Å². The fourth-order valence-corrected chi connectivity index (χ4v) is 4.63. The lowest BCUT2D eigenvalue weighted by atomic mass is 10.2. The fourth-order valence-electron chi connectivity index (χ4n) is 3.08. The summed E-state index contributed by atoms with van der Waals surface area (Å²) in [4.78, 5) is 2.06. The van der Waals surface area contributed by atoms with Crippen LogP contribution in [0.25, 0.3) is 6.08 Å². The van der Waals surface area contributed by atoms with E-state index in [1.165, 1.54) is 9.71 Å².